The van der Waals surface area contributed by atoms with Gasteiger partial charge in [0.25, 0.3) is 0 Å². The van der Waals surface area contributed by atoms with Crippen molar-refractivity contribution in [2.24, 2.45) is 50.2 Å². The van der Waals surface area contributed by atoms with E-state index in [9.17, 15) is 81.4 Å². The zero-order valence-corrected chi connectivity index (χ0v) is 49.2. The van der Waals surface area contributed by atoms with Gasteiger partial charge in [0.2, 0.25) is 0 Å². The molecule has 34 atom stereocenters. The predicted molar refractivity (Wildman–Crippen MR) is 283 cm³/mol. The lowest BCUT2D eigenvalue weighted by molar-refractivity contribution is -0.411. The number of aldehydes is 1. The highest BCUT2D eigenvalue weighted by Gasteiger charge is 2.80. The molecule has 488 valence electrons. The summed E-state index contributed by atoms with van der Waals surface area (Å²) in [6, 6.07) is 0. The first-order valence-corrected chi connectivity index (χ1v) is 30.6. The quantitative estimate of drug-likeness (QED) is 0.0581. The molecule has 5 aliphatic carbocycles. The highest BCUT2D eigenvalue weighted by molar-refractivity contribution is 5.59. The largest absolute Gasteiger partial charge is 0.394 e. The normalized spacial score (nSPS) is 57.6. The fourth-order valence-electron chi connectivity index (χ4n) is 18.9. The van der Waals surface area contributed by atoms with Gasteiger partial charge in [-0.2, -0.15) is 0 Å². The zero-order valence-electron chi connectivity index (χ0n) is 49.2. The van der Waals surface area contributed by atoms with Crippen molar-refractivity contribution in [1.82, 2.24) is 0 Å². The van der Waals surface area contributed by atoms with E-state index < -0.39 is 214 Å². The Labute approximate surface area is 493 Å². The molecule has 15 N–H and O–H groups in total. The molecule has 27 heteroatoms. The van der Waals surface area contributed by atoms with Crippen LogP contribution >= 0.6 is 0 Å². The van der Waals surface area contributed by atoms with Crippen molar-refractivity contribution in [1.29, 1.82) is 0 Å². The van der Waals surface area contributed by atoms with Crippen molar-refractivity contribution < 1.29 is 133 Å². The second kappa shape index (κ2) is 23.6. The topological polar surface area (TPSA) is 422 Å². The van der Waals surface area contributed by atoms with E-state index in [4.69, 9.17) is 52.1 Å². The highest BCUT2D eigenvalue weighted by atomic mass is 16.8. The third-order valence-corrected chi connectivity index (χ3v) is 24.1. The summed E-state index contributed by atoms with van der Waals surface area (Å²) in [6.07, 6.45) is -34.9. The van der Waals surface area contributed by atoms with E-state index in [2.05, 4.69) is 34.6 Å². The molecule has 11 aliphatic rings. The van der Waals surface area contributed by atoms with E-state index in [-0.39, 0.29) is 28.6 Å². The van der Waals surface area contributed by atoms with Crippen LogP contribution in [-0.4, -0.2) is 282 Å². The average Bonchev–Trinajstić information content (AvgIpc) is 1.63. The number of carbonyl (C=O) groups excluding carboxylic acids is 1. The van der Waals surface area contributed by atoms with Crippen molar-refractivity contribution in [3.05, 3.63) is 0 Å². The summed E-state index contributed by atoms with van der Waals surface area (Å²) in [6.45, 7) is 10.2. The smallest absolute Gasteiger partial charge is 0.187 e. The van der Waals surface area contributed by atoms with Crippen molar-refractivity contribution in [2.45, 2.75) is 265 Å². The molecule has 0 aromatic rings. The van der Waals surface area contributed by atoms with Crippen molar-refractivity contribution in [2.75, 3.05) is 39.6 Å². The molecule has 27 nitrogen and oxygen atoms in total. The number of ether oxygens (including phenoxy) is 11. The van der Waals surface area contributed by atoms with E-state index in [1.807, 2.05) is 6.92 Å². The molecule has 0 amide bonds. The minimum absolute atomic E-state index is 0.00599. The maximum absolute atomic E-state index is 12.7. The van der Waals surface area contributed by atoms with Gasteiger partial charge >= 0.3 is 0 Å². The van der Waals surface area contributed by atoms with E-state index >= 15 is 0 Å². The van der Waals surface area contributed by atoms with Crippen LogP contribution in [0.15, 0.2) is 0 Å². The number of carbonyl (C=O) groups is 1. The first-order chi connectivity index (χ1) is 40.0. The van der Waals surface area contributed by atoms with Crippen molar-refractivity contribution >= 4 is 6.29 Å². The number of rotatable bonds is 14. The van der Waals surface area contributed by atoms with Gasteiger partial charge in [-0.15, -0.1) is 0 Å². The minimum atomic E-state index is -2.06. The number of aliphatic hydroxyl groups is 15. The zero-order chi connectivity index (χ0) is 61.5. The molecule has 0 aromatic heterocycles. The molecule has 85 heavy (non-hydrogen) atoms. The van der Waals surface area contributed by atoms with Crippen LogP contribution in [0.4, 0.5) is 0 Å². The first kappa shape index (κ1) is 65.1. The summed E-state index contributed by atoms with van der Waals surface area (Å²) in [5, 5.41) is 165. The molecule has 5 saturated carbocycles. The summed E-state index contributed by atoms with van der Waals surface area (Å²) in [4.78, 5) is 12.7. The van der Waals surface area contributed by atoms with Crippen LogP contribution in [0.2, 0.25) is 0 Å². The molecular formula is C58H94O27. The number of aliphatic hydroxyl groups excluding tert-OH is 15. The molecule has 6 heterocycles. The molecule has 0 radical (unpaired) electrons. The van der Waals surface area contributed by atoms with Gasteiger partial charge in [0.1, 0.15) is 116 Å². The third kappa shape index (κ3) is 10.2. The fourth-order valence-corrected chi connectivity index (χ4v) is 18.9. The van der Waals surface area contributed by atoms with Crippen LogP contribution in [-0.2, 0) is 56.9 Å². The van der Waals surface area contributed by atoms with Crippen LogP contribution in [0.1, 0.15) is 106 Å². The Kier molecular flexibility index (Phi) is 18.1. The number of hydrogen-bond donors (Lipinski definition) is 15. The van der Waals surface area contributed by atoms with E-state index in [1.54, 1.807) is 0 Å². The van der Waals surface area contributed by atoms with Crippen LogP contribution in [0.5, 0.6) is 0 Å². The molecule has 11 rings (SSSR count). The summed E-state index contributed by atoms with van der Waals surface area (Å²) in [5.74, 6) is 0.187. The Morgan fingerprint density at radius 3 is 1.65 bits per heavy atom. The van der Waals surface area contributed by atoms with Gasteiger partial charge in [-0.1, -0.05) is 41.5 Å². The molecule has 1 spiro atoms. The summed E-state index contributed by atoms with van der Waals surface area (Å²) in [5.41, 5.74) is -3.16. The predicted octanol–water partition coefficient (Wildman–Crippen LogP) is -4.07. The molecule has 0 aromatic carbocycles. The van der Waals surface area contributed by atoms with Gasteiger partial charge in [0.05, 0.1) is 57.5 Å². The third-order valence-electron chi connectivity index (χ3n) is 24.1. The first-order valence-electron chi connectivity index (χ1n) is 30.6. The number of fused-ring (bicyclic) bond motifs is 4. The maximum Gasteiger partial charge on any atom is 0.187 e. The molecule has 11 fully saturated rings. The molecular weight excluding hydrogens is 1130 g/mol. The monoisotopic (exact) mass is 1220 g/mol. The van der Waals surface area contributed by atoms with Gasteiger partial charge in [-0.25, -0.2) is 0 Å². The molecule has 6 aliphatic heterocycles. The Morgan fingerprint density at radius 2 is 1.04 bits per heavy atom. The fraction of sp³-hybridized carbons (Fsp3) is 0.983. The SMILES string of the molecule is CC1(C)[C@@H](O[C@@H]2OC[C@H](O[C@@H]3OC[C@@H](O)[C@H](O)[C@H]3O)[C@H](O[C@H]3O[C@H](CO)[C@@H](O)[C@H](O)[C@H]3O)[C@H]2O[C@@H]2O[C@H](CO)[C@@H](O)[C@H](O)[C@H]2O[C@H]2O[C@H](CO)[C@@H](O)[C@H](O)[C@H]2O)CC[C@]2(C)[C@H]3CCC45OCC6(CC[C@@](C)(C=O)C[C@@H]64)[C@H](O)C[C@@]5(C)[C@]3(C)CC[C@@H]12. The Morgan fingerprint density at radius 1 is 0.482 bits per heavy atom. The molecule has 2 bridgehead atoms. The van der Waals surface area contributed by atoms with Crippen molar-refractivity contribution in [3.63, 3.8) is 0 Å². The lowest BCUT2D eigenvalue weighted by Crippen LogP contribution is -2.74. The summed E-state index contributed by atoms with van der Waals surface area (Å²) >= 11 is 0. The lowest BCUT2D eigenvalue weighted by Gasteiger charge is -2.75. The second-order valence-corrected chi connectivity index (χ2v) is 28.6. The van der Waals surface area contributed by atoms with Gasteiger partial charge in [0, 0.05) is 16.2 Å². The Hall–Kier alpha value is -1.37. The lowest BCUT2D eigenvalue weighted by atomic mass is 9.30. The van der Waals surface area contributed by atoms with Crippen LogP contribution in [0.25, 0.3) is 0 Å². The Balaban J connectivity index is 0.936. The number of hydrogen-bond acceptors (Lipinski definition) is 27. The summed E-state index contributed by atoms with van der Waals surface area (Å²) in [7, 11) is 0. The summed E-state index contributed by atoms with van der Waals surface area (Å²) < 4.78 is 70.0. The standard InChI is InChI=1S/C58H94O27/c1-52(2)29-7-11-55(5)30(8-12-58-31-15-53(3,22-62)13-14-57(31,23-77-58)32(64)16-56(55,58)6)54(29,4)10-9-33(52)82-50-46(85-51-45(40(71)37(68)27(19-61)80-51)84-49-43(74)39(70)36(67)26(18-60)79-49)44(83-48-42(73)38(69)35(66)25(17-59)78-48)28(21-76-50)81-47-41(72)34(65)24(63)20-75-47/h22,24-51,59-61,63-74H,7-21,23H2,1-6H3/t24-,25-,26-,27-,28+,29+,30-,31+,32-,33+,34+,35-,36-,37-,38+,39+,40+,41-,42-,43-,44+,45-,46-,47+,48-,49-,50+,51+,53-,54+,55-,56+,57?,58?/m1/s1. The van der Waals surface area contributed by atoms with Gasteiger partial charge in [0.15, 0.2) is 31.5 Å². The van der Waals surface area contributed by atoms with Gasteiger partial charge in [-0.3, -0.25) is 0 Å². The highest BCUT2D eigenvalue weighted by Crippen LogP contribution is 2.80. The van der Waals surface area contributed by atoms with Gasteiger partial charge in [-0.05, 0) is 98.2 Å². The van der Waals surface area contributed by atoms with E-state index in [0.717, 1.165) is 38.4 Å². The Bertz CT molecular complexity index is 2340. The second-order valence-electron chi connectivity index (χ2n) is 28.6. The maximum atomic E-state index is 12.7. The molecule has 2 unspecified atom stereocenters. The van der Waals surface area contributed by atoms with Gasteiger partial charge < -0.3 is 133 Å². The van der Waals surface area contributed by atoms with E-state index in [1.165, 1.54) is 0 Å². The molecule has 6 saturated heterocycles. The van der Waals surface area contributed by atoms with Crippen LogP contribution in [0, 0.1) is 50.2 Å². The van der Waals surface area contributed by atoms with Crippen LogP contribution < -0.4 is 0 Å². The minimum Gasteiger partial charge on any atom is -0.394 e. The van der Waals surface area contributed by atoms with E-state index in [0.29, 0.717) is 38.7 Å². The van der Waals surface area contributed by atoms with Crippen LogP contribution in [0.3, 0.4) is 0 Å². The van der Waals surface area contributed by atoms with Crippen molar-refractivity contribution in [3.8, 4) is 0 Å². The average molecular weight is 1220 g/mol.